The third-order valence-corrected chi connectivity index (χ3v) is 6.51. The lowest BCUT2D eigenvalue weighted by molar-refractivity contribution is -0.121. The van der Waals surface area contributed by atoms with Crippen molar-refractivity contribution in [3.8, 4) is 0 Å². The number of amides is 1. The first-order valence-electron chi connectivity index (χ1n) is 10.2. The third-order valence-electron chi connectivity index (χ3n) is 6.51. The number of para-hydroxylation sites is 2. The Hall–Kier alpha value is -3.59. The molecule has 30 heavy (non-hydrogen) atoms. The number of aryl methyl sites for hydroxylation is 1. The van der Waals surface area contributed by atoms with Crippen molar-refractivity contribution in [3.63, 3.8) is 0 Å². The summed E-state index contributed by atoms with van der Waals surface area (Å²) >= 11 is 0. The van der Waals surface area contributed by atoms with Crippen molar-refractivity contribution < 1.29 is 4.79 Å². The minimum atomic E-state index is -0.880. The fourth-order valence-electron chi connectivity index (χ4n) is 5.20. The number of fused-ring (bicyclic) bond motifs is 2. The molecule has 0 bridgehead atoms. The predicted molar refractivity (Wildman–Crippen MR) is 123 cm³/mol. The van der Waals surface area contributed by atoms with Gasteiger partial charge in [-0.1, -0.05) is 72.8 Å². The van der Waals surface area contributed by atoms with E-state index in [1.54, 1.807) is 4.90 Å². The normalized spacial score (nSPS) is 19.1. The fraction of sp³-hybridized carbons (Fsp3) is 0.148. The van der Waals surface area contributed by atoms with Gasteiger partial charge in [-0.05, 0) is 28.8 Å². The van der Waals surface area contributed by atoms with Crippen LogP contribution in [0.4, 0.5) is 5.69 Å². The Balaban J connectivity index is 1.94. The van der Waals surface area contributed by atoms with E-state index in [4.69, 9.17) is 0 Å². The lowest BCUT2D eigenvalue weighted by Crippen LogP contribution is -2.44. The molecule has 2 unspecified atom stereocenters. The van der Waals surface area contributed by atoms with Crippen LogP contribution in [0.25, 0.3) is 10.9 Å². The lowest BCUT2D eigenvalue weighted by atomic mass is 9.64. The Morgan fingerprint density at radius 3 is 2.30 bits per heavy atom. The summed E-state index contributed by atoms with van der Waals surface area (Å²) in [7, 11) is 3.92. The Morgan fingerprint density at radius 2 is 1.53 bits per heavy atom. The summed E-state index contributed by atoms with van der Waals surface area (Å²) in [4.78, 5) is 16.0. The smallest absolute Gasteiger partial charge is 0.242 e. The molecule has 5 rings (SSSR count). The van der Waals surface area contributed by atoms with Crippen LogP contribution in [-0.4, -0.2) is 17.5 Å². The van der Waals surface area contributed by atoms with E-state index in [0.29, 0.717) is 0 Å². The molecular weight excluding hydrogens is 368 g/mol. The number of hydrogen-bond donors (Lipinski definition) is 0. The zero-order chi connectivity index (χ0) is 20.9. The number of anilines is 1. The number of likely N-dealkylation sites (N-methyl/N-ethyl adjacent to an activating group) is 1. The maximum absolute atomic E-state index is 14.2. The Morgan fingerprint density at radius 1 is 0.867 bits per heavy atom. The number of carbonyl (C=O) groups excluding carboxylic acids is 1. The number of aromatic nitrogens is 1. The fourth-order valence-corrected chi connectivity index (χ4v) is 5.20. The van der Waals surface area contributed by atoms with Crippen molar-refractivity contribution in [2.24, 2.45) is 7.05 Å². The van der Waals surface area contributed by atoms with Crippen LogP contribution in [0.5, 0.6) is 0 Å². The average Bonchev–Trinajstić information content (AvgIpc) is 3.24. The van der Waals surface area contributed by atoms with Gasteiger partial charge in [-0.25, -0.2) is 0 Å². The summed E-state index contributed by atoms with van der Waals surface area (Å²) in [5, 5.41) is 1.10. The largest absolute Gasteiger partial charge is 0.350 e. The summed E-state index contributed by atoms with van der Waals surface area (Å²) in [6, 6.07) is 26.7. The highest BCUT2D eigenvalue weighted by atomic mass is 16.2. The lowest BCUT2D eigenvalue weighted by Gasteiger charge is -2.35. The molecule has 2 atom stereocenters. The molecule has 148 valence electrons. The van der Waals surface area contributed by atoms with Crippen molar-refractivity contribution in [3.05, 3.63) is 114 Å². The van der Waals surface area contributed by atoms with Gasteiger partial charge in [-0.15, -0.1) is 6.58 Å². The molecule has 0 saturated carbocycles. The van der Waals surface area contributed by atoms with E-state index < -0.39 is 5.41 Å². The van der Waals surface area contributed by atoms with Crippen LogP contribution in [0.3, 0.4) is 0 Å². The first-order valence-corrected chi connectivity index (χ1v) is 10.2. The summed E-state index contributed by atoms with van der Waals surface area (Å²) in [6.45, 7) is 4.19. The van der Waals surface area contributed by atoms with Crippen LogP contribution in [-0.2, 0) is 17.3 Å². The number of allylic oxidation sites excluding steroid dienone is 1. The maximum atomic E-state index is 14.2. The number of rotatable bonds is 4. The molecule has 1 aliphatic rings. The van der Waals surface area contributed by atoms with Gasteiger partial charge in [-0.3, -0.25) is 4.79 Å². The van der Waals surface area contributed by atoms with E-state index in [2.05, 4.69) is 47.7 Å². The van der Waals surface area contributed by atoms with E-state index in [0.717, 1.165) is 33.3 Å². The first kappa shape index (κ1) is 18.4. The van der Waals surface area contributed by atoms with Crippen LogP contribution < -0.4 is 4.90 Å². The predicted octanol–water partition coefficient (Wildman–Crippen LogP) is 5.41. The van der Waals surface area contributed by atoms with Crippen molar-refractivity contribution in [1.82, 2.24) is 4.57 Å². The second-order valence-electron chi connectivity index (χ2n) is 7.98. The van der Waals surface area contributed by atoms with Crippen molar-refractivity contribution >= 4 is 22.5 Å². The van der Waals surface area contributed by atoms with Gasteiger partial charge < -0.3 is 9.47 Å². The average molecular weight is 393 g/mol. The van der Waals surface area contributed by atoms with Crippen molar-refractivity contribution in [2.75, 3.05) is 11.9 Å². The van der Waals surface area contributed by atoms with E-state index >= 15 is 0 Å². The van der Waals surface area contributed by atoms with Crippen LogP contribution >= 0.6 is 0 Å². The van der Waals surface area contributed by atoms with Gasteiger partial charge in [-0.2, -0.15) is 0 Å². The molecular formula is C27H24N2O. The summed E-state index contributed by atoms with van der Waals surface area (Å²) < 4.78 is 2.12. The van der Waals surface area contributed by atoms with E-state index in [1.165, 1.54) is 0 Å². The molecule has 1 aromatic heterocycles. The van der Waals surface area contributed by atoms with E-state index in [1.807, 2.05) is 68.7 Å². The molecule has 1 aliphatic heterocycles. The highest BCUT2D eigenvalue weighted by molar-refractivity contribution is 6.13. The van der Waals surface area contributed by atoms with Gasteiger partial charge >= 0.3 is 0 Å². The van der Waals surface area contributed by atoms with E-state index in [9.17, 15) is 4.79 Å². The highest BCUT2D eigenvalue weighted by Gasteiger charge is 2.56. The minimum absolute atomic E-state index is 0.0776. The molecule has 0 radical (unpaired) electrons. The summed E-state index contributed by atoms with van der Waals surface area (Å²) in [5.41, 5.74) is 4.33. The molecule has 2 heterocycles. The van der Waals surface area contributed by atoms with E-state index in [-0.39, 0.29) is 11.8 Å². The van der Waals surface area contributed by atoms with Crippen molar-refractivity contribution in [2.45, 2.75) is 11.3 Å². The first-order chi connectivity index (χ1) is 14.6. The molecule has 0 aliphatic carbocycles. The number of benzene rings is 3. The Bertz CT molecular complexity index is 1270. The number of nitrogens with zero attached hydrogens (tertiary/aromatic N) is 2. The molecule has 3 aromatic carbocycles. The molecule has 0 spiro atoms. The molecule has 4 aromatic rings. The van der Waals surface area contributed by atoms with Gasteiger partial charge in [0.1, 0.15) is 5.41 Å². The number of carbonyl (C=O) groups is 1. The van der Waals surface area contributed by atoms with Gasteiger partial charge in [0.05, 0.1) is 0 Å². The summed E-state index contributed by atoms with van der Waals surface area (Å²) in [5.74, 6) is -0.128. The minimum Gasteiger partial charge on any atom is -0.350 e. The second-order valence-corrected chi connectivity index (χ2v) is 7.98. The zero-order valence-electron chi connectivity index (χ0n) is 17.2. The van der Waals surface area contributed by atoms with Crippen LogP contribution in [0.2, 0.25) is 0 Å². The highest BCUT2D eigenvalue weighted by Crippen LogP contribution is 2.55. The SMILES string of the molecule is C=CC(c1ccccc1)C1(c2cn(C)c3ccccc23)C(=O)N(C)c2ccccc21. The van der Waals surface area contributed by atoms with Crippen molar-refractivity contribution in [1.29, 1.82) is 0 Å². The van der Waals surface area contributed by atoms with Crippen LogP contribution in [0, 0.1) is 0 Å². The molecule has 0 fully saturated rings. The topological polar surface area (TPSA) is 25.2 Å². The molecule has 0 N–H and O–H groups in total. The van der Waals surface area contributed by atoms with Crippen LogP contribution in [0.15, 0.2) is 97.7 Å². The van der Waals surface area contributed by atoms with Gasteiger partial charge in [0.2, 0.25) is 5.91 Å². The summed E-state index contributed by atoms with van der Waals surface area (Å²) in [6.07, 6.45) is 4.06. The maximum Gasteiger partial charge on any atom is 0.242 e. The quantitative estimate of drug-likeness (QED) is 0.426. The van der Waals surface area contributed by atoms with Gasteiger partial charge in [0.15, 0.2) is 0 Å². The second kappa shape index (κ2) is 6.74. The molecule has 0 saturated heterocycles. The Kier molecular flexibility index (Phi) is 4.14. The molecule has 1 amide bonds. The third kappa shape index (κ3) is 2.29. The Labute approximate surface area is 176 Å². The molecule has 3 heteroatoms. The van der Waals surface area contributed by atoms with Crippen LogP contribution in [0.1, 0.15) is 22.6 Å². The molecule has 3 nitrogen and oxygen atoms in total. The van der Waals surface area contributed by atoms with Gasteiger partial charge in [0, 0.05) is 42.8 Å². The number of hydrogen-bond acceptors (Lipinski definition) is 1. The van der Waals surface area contributed by atoms with Gasteiger partial charge in [0.25, 0.3) is 0 Å². The standard InChI is InChI=1S/C27H24N2O/c1-4-21(19-12-6-5-7-13-19)27(22-15-9-11-17-25(22)29(3)26(27)30)23-18-28(2)24-16-10-8-14-20(23)24/h4-18,21H,1H2,2-3H3. The monoisotopic (exact) mass is 392 g/mol. The zero-order valence-corrected chi connectivity index (χ0v) is 17.2.